The zero-order valence-electron chi connectivity index (χ0n) is 17.9. The highest BCUT2D eigenvalue weighted by Gasteiger charge is 2.54. The Bertz CT molecular complexity index is 1100. The predicted molar refractivity (Wildman–Crippen MR) is 121 cm³/mol. The fraction of sp³-hybridized carbons (Fsp3) is 0.478. The highest BCUT2D eigenvalue weighted by atomic mass is 35.5. The number of benzene rings is 1. The number of anilines is 1. The maximum atomic E-state index is 13.7. The number of carbonyl (C=O) groups excluding carboxylic acids is 2. The first kappa shape index (κ1) is 21.4. The Kier molecular flexibility index (Phi) is 5.67. The molecule has 2 aromatic rings. The SMILES string of the molecule is CCCc1nnc(N2C(=O)C3=C(C(=O)C4CC(Cl)CCC4O3)C2c2cccc(OC)c2)s1. The number of aryl methyl sites for hydroxylation is 1. The number of fused-ring (bicyclic) bond motifs is 1. The molecule has 32 heavy (non-hydrogen) atoms. The molecule has 0 spiro atoms. The highest BCUT2D eigenvalue weighted by molar-refractivity contribution is 7.15. The Hall–Kier alpha value is -2.45. The molecule has 0 bridgehead atoms. The summed E-state index contributed by atoms with van der Waals surface area (Å²) < 4.78 is 11.6. The van der Waals surface area contributed by atoms with E-state index in [2.05, 4.69) is 17.1 Å². The molecule has 1 aliphatic carbocycles. The van der Waals surface area contributed by atoms with Crippen LogP contribution < -0.4 is 9.64 Å². The molecule has 4 unspecified atom stereocenters. The number of hydrogen-bond donors (Lipinski definition) is 0. The highest BCUT2D eigenvalue weighted by Crippen LogP contribution is 2.49. The predicted octanol–water partition coefficient (Wildman–Crippen LogP) is 4.22. The van der Waals surface area contributed by atoms with Crippen LogP contribution in [0.2, 0.25) is 0 Å². The lowest BCUT2D eigenvalue weighted by molar-refractivity contribution is -0.131. The van der Waals surface area contributed by atoms with Gasteiger partial charge in [-0.05, 0) is 43.4 Å². The number of ketones is 1. The maximum Gasteiger partial charge on any atom is 0.296 e. The zero-order chi connectivity index (χ0) is 22.4. The number of alkyl halides is 1. The van der Waals surface area contributed by atoms with Crippen LogP contribution in [0.3, 0.4) is 0 Å². The number of Topliss-reactive ketones (excluding diaryl/α,β-unsaturated/α-hetero) is 1. The summed E-state index contributed by atoms with van der Waals surface area (Å²) in [5.41, 5.74) is 1.16. The lowest BCUT2D eigenvalue weighted by Gasteiger charge is -2.37. The fourth-order valence-electron chi connectivity index (χ4n) is 4.80. The molecule has 0 radical (unpaired) electrons. The Morgan fingerprint density at radius 3 is 2.91 bits per heavy atom. The number of rotatable bonds is 5. The van der Waals surface area contributed by atoms with Gasteiger partial charge in [-0.3, -0.25) is 14.5 Å². The van der Waals surface area contributed by atoms with Gasteiger partial charge in [-0.2, -0.15) is 0 Å². The lowest BCUT2D eigenvalue weighted by atomic mass is 9.77. The van der Waals surface area contributed by atoms with E-state index >= 15 is 0 Å². The zero-order valence-corrected chi connectivity index (χ0v) is 19.5. The second-order valence-corrected chi connectivity index (χ2v) is 10.0. The van der Waals surface area contributed by atoms with Crippen molar-refractivity contribution in [1.82, 2.24) is 10.2 Å². The number of nitrogens with zero attached hydrogens (tertiary/aromatic N) is 3. The van der Waals surface area contributed by atoms with Gasteiger partial charge in [0.1, 0.15) is 16.9 Å². The first-order valence-corrected chi connectivity index (χ1v) is 12.2. The van der Waals surface area contributed by atoms with Crippen molar-refractivity contribution >= 4 is 39.8 Å². The van der Waals surface area contributed by atoms with Crippen molar-refractivity contribution in [2.24, 2.45) is 5.92 Å². The number of ether oxygens (including phenoxy) is 2. The number of carbonyl (C=O) groups is 2. The van der Waals surface area contributed by atoms with Crippen LogP contribution in [-0.4, -0.2) is 40.5 Å². The van der Waals surface area contributed by atoms with Crippen molar-refractivity contribution in [3.05, 3.63) is 46.2 Å². The molecule has 9 heteroatoms. The summed E-state index contributed by atoms with van der Waals surface area (Å²) in [4.78, 5) is 28.9. The van der Waals surface area contributed by atoms with Crippen molar-refractivity contribution in [3.63, 3.8) is 0 Å². The second kappa shape index (κ2) is 8.48. The van der Waals surface area contributed by atoms with Crippen molar-refractivity contribution < 1.29 is 19.1 Å². The molecule has 168 valence electrons. The molecule has 1 aromatic carbocycles. The van der Waals surface area contributed by atoms with Crippen LogP contribution in [0.1, 0.15) is 49.2 Å². The molecule has 0 N–H and O–H groups in total. The standard InChI is InChI=1S/C23H24ClN3O4S/c1-3-5-17-25-26-23(32-17)27-19(12-6-4-7-14(10-12)30-2)18-20(28)15-11-13(24)8-9-16(15)31-21(18)22(27)29/h4,6-7,10,13,15-16,19H,3,5,8-9,11H2,1-2H3. The summed E-state index contributed by atoms with van der Waals surface area (Å²) in [6.45, 7) is 2.07. The maximum absolute atomic E-state index is 13.7. The Balaban J connectivity index is 1.62. The summed E-state index contributed by atoms with van der Waals surface area (Å²) in [6, 6.07) is 6.78. The monoisotopic (exact) mass is 473 g/mol. The van der Waals surface area contributed by atoms with Gasteiger partial charge >= 0.3 is 0 Å². The van der Waals surface area contributed by atoms with E-state index in [1.807, 2.05) is 24.3 Å². The van der Waals surface area contributed by atoms with Crippen molar-refractivity contribution in [3.8, 4) is 5.75 Å². The van der Waals surface area contributed by atoms with Gasteiger partial charge in [0.25, 0.3) is 5.91 Å². The van der Waals surface area contributed by atoms with Crippen LogP contribution >= 0.6 is 22.9 Å². The van der Waals surface area contributed by atoms with Crippen LogP contribution in [-0.2, 0) is 20.7 Å². The van der Waals surface area contributed by atoms with Gasteiger partial charge < -0.3 is 9.47 Å². The number of amides is 1. The Morgan fingerprint density at radius 1 is 1.28 bits per heavy atom. The fourth-order valence-corrected chi connectivity index (χ4v) is 6.08. The van der Waals surface area contributed by atoms with Crippen molar-refractivity contribution in [1.29, 1.82) is 0 Å². The van der Waals surface area contributed by atoms with Gasteiger partial charge in [0.2, 0.25) is 5.13 Å². The van der Waals surface area contributed by atoms with E-state index in [-0.39, 0.29) is 34.8 Å². The minimum Gasteiger partial charge on any atom is -0.497 e. The number of hydrogen-bond acceptors (Lipinski definition) is 7. The largest absolute Gasteiger partial charge is 0.497 e. The van der Waals surface area contributed by atoms with Gasteiger partial charge in [-0.15, -0.1) is 21.8 Å². The van der Waals surface area contributed by atoms with E-state index in [0.717, 1.165) is 29.8 Å². The van der Waals surface area contributed by atoms with Gasteiger partial charge in [-0.1, -0.05) is 30.4 Å². The van der Waals surface area contributed by atoms with Crippen molar-refractivity contribution in [2.45, 2.75) is 56.6 Å². The summed E-state index contributed by atoms with van der Waals surface area (Å²) in [5.74, 6) is 0.0593. The summed E-state index contributed by atoms with van der Waals surface area (Å²) in [7, 11) is 1.59. The minimum absolute atomic E-state index is 0.0523. The smallest absolute Gasteiger partial charge is 0.296 e. The summed E-state index contributed by atoms with van der Waals surface area (Å²) in [5, 5.41) is 9.82. The quantitative estimate of drug-likeness (QED) is 0.605. The van der Waals surface area contributed by atoms with Crippen LogP contribution in [0.15, 0.2) is 35.6 Å². The minimum atomic E-state index is -0.640. The van der Waals surface area contributed by atoms with E-state index in [4.69, 9.17) is 21.1 Å². The number of halogens is 1. The van der Waals surface area contributed by atoms with E-state index in [0.29, 0.717) is 29.3 Å². The molecule has 0 saturated heterocycles. The van der Waals surface area contributed by atoms with Crippen LogP contribution in [0, 0.1) is 5.92 Å². The first-order valence-electron chi connectivity index (χ1n) is 10.9. The van der Waals surface area contributed by atoms with Gasteiger partial charge in [-0.25, -0.2) is 0 Å². The molecule has 5 rings (SSSR count). The van der Waals surface area contributed by atoms with Crippen LogP contribution in [0.4, 0.5) is 5.13 Å². The molecule has 1 amide bonds. The molecule has 2 aliphatic heterocycles. The average Bonchev–Trinajstić information content (AvgIpc) is 3.37. The number of methoxy groups -OCH3 is 1. The van der Waals surface area contributed by atoms with Gasteiger partial charge in [0, 0.05) is 11.8 Å². The average molecular weight is 474 g/mol. The van der Waals surface area contributed by atoms with Crippen LogP contribution in [0.25, 0.3) is 0 Å². The molecular formula is C23H24ClN3O4S. The second-order valence-electron chi connectivity index (χ2n) is 8.36. The molecule has 3 aliphatic rings. The van der Waals surface area contributed by atoms with E-state index in [9.17, 15) is 9.59 Å². The third-order valence-electron chi connectivity index (χ3n) is 6.32. The van der Waals surface area contributed by atoms with E-state index < -0.39 is 6.04 Å². The topological polar surface area (TPSA) is 81.6 Å². The Morgan fingerprint density at radius 2 is 2.12 bits per heavy atom. The molecule has 1 aromatic heterocycles. The number of aromatic nitrogens is 2. The molecular weight excluding hydrogens is 450 g/mol. The third-order valence-corrected chi connectivity index (χ3v) is 7.70. The van der Waals surface area contributed by atoms with Gasteiger partial charge in [0.15, 0.2) is 11.5 Å². The third kappa shape index (κ3) is 3.49. The molecule has 1 fully saturated rings. The molecule has 3 heterocycles. The first-order chi connectivity index (χ1) is 15.5. The summed E-state index contributed by atoms with van der Waals surface area (Å²) in [6.07, 6.45) is 3.40. The Labute approximate surface area is 195 Å². The molecule has 1 saturated carbocycles. The molecule has 7 nitrogen and oxygen atoms in total. The van der Waals surface area contributed by atoms with E-state index in [1.54, 1.807) is 12.0 Å². The normalized spacial score (nSPS) is 27.3. The van der Waals surface area contributed by atoms with E-state index in [1.165, 1.54) is 11.3 Å². The van der Waals surface area contributed by atoms with Crippen LogP contribution in [0.5, 0.6) is 5.75 Å². The lowest BCUT2D eigenvalue weighted by Crippen LogP contribution is -2.41. The molecule has 4 atom stereocenters. The van der Waals surface area contributed by atoms with Crippen molar-refractivity contribution in [2.75, 3.05) is 12.0 Å². The summed E-state index contributed by atoms with van der Waals surface area (Å²) >= 11 is 7.77. The van der Waals surface area contributed by atoms with Gasteiger partial charge in [0.05, 0.1) is 24.6 Å².